The minimum atomic E-state index is -0.256. The topological polar surface area (TPSA) is 59.6 Å². The van der Waals surface area contributed by atoms with Crippen LogP contribution < -0.4 is 20.1 Å². The highest BCUT2D eigenvalue weighted by molar-refractivity contribution is 6.08. The van der Waals surface area contributed by atoms with Crippen molar-refractivity contribution in [2.75, 3.05) is 24.9 Å². The number of rotatable bonds is 6. The van der Waals surface area contributed by atoms with Gasteiger partial charge in [-0.1, -0.05) is 31.7 Å². The number of carbonyl (C=O) groups excluding carboxylic acids is 1. The monoisotopic (exact) mass is 368 g/mol. The molecular weight excluding hydrogens is 340 g/mol. The van der Waals surface area contributed by atoms with Gasteiger partial charge in [0, 0.05) is 17.4 Å². The second-order valence-corrected chi connectivity index (χ2v) is 6.90. The highest BCUT2D eigenvalue weighted by atomic mass is 16.5. The van der Waals surface area contributed by atoms with Crippen molar-refractivity contribution < 1.29 is 14.3 Å². The van der Waals surface area contributed by atoms with Crippen LogP contribution in [0.3, 0.4) is 0 Å². The first-order chi connectivity index (χ1) is 13.2. The summed E-state index contributed by atoms with van der Waals surface area (Å²) in [6.07, 6.45) is 7.74. The molecule has 0 aromatic heterocycles. The molecule has 27 heavy (non-hydrogen) atoms. The van der Waals surface area contributed by atoms with E-state index in [-0.39, 0.29) is 5.91 Å². The lowest BCUT2D eigenvalue weighted by Gasteiger charge is -2.18. The summed E-state index contributed by atoms with van der Waals surface area (Å²) in [6.45, 7) is 0. The number of carbonyl (C=O) groups is 1. The van der Waals surface area contributed by atoms with E-state index in [1.807, 2.05) is 24.3 Å². The van der Waals surface area contributed by atoms with Crippen LogP contribution in [0.4, 0.5) is 11.4 Å². The van der Waals surface area contributed by atoms with Crippen molar-refractivity contribution >= 4 is 17.3 Å². The minimum absolute atomic E-state index is 0.256. The molecule has 2 N–H and O–H groups in total. The van der Waals surface area contributed by atoms with Gasteiger partial charge >= 0.3 is 0 Å². The van der Waals surface area contributed by atoms with Crippen LogP contribution in [0.2, 0.25) is 0 Å². The smallest absolute Gasteiger partial charge is 0.263 e. The first kappa shape index (κ1) is 19.1. The van der Waals surface area contributed by atoms with E-state index in [0.717, 1.165) is 11.4 Å². The summed E-state index contributed by atoms with van der Waals surface area (Å²) in [5, 5.41) is 6.54. The SMILES string of the molecule is COc1cccc(OC)c1C(=O)Nc1ccc(NC2CCCCCC2)cc1. The van der Waals surface area contributed by atoms with Crippen LogP contribution >= 0.6 is 0 Å². The standard InChI is InChI=1S/C22H28N2O3/c1-26-19-10-7-11-20(27-2)21(19)22(25)24-18-14-12-17(13-15-18)23-16-8-5-3-4-6-9-16/h7,10-16,23H,3-6,8-9H2,1-2H3,(H,24,25). The van der Waals surface area contributed by atoms with Gasteiger partial charge in [-0.3, -0.25) is 4.79 Å². The molecule has 0 saturated heterocycles. The van der Waals surface area contributed by atoms with Crippen LogP contribution in [0.15, 0.2) is 42.5 Å². The van der Waals surface area contributed by atoms with E-state index in [1.165, 1.54) is 38.5 Å². The van der Waals surface area contributed by atoms with Crippen molar-refractivity contribution in [1.29, 1.82) is 0 Å². The number of ether oxygens (including phenoxy) is 2. The van der Waals surface area contributed by atoms with E-state index in [2.05, 4.69) is 10.6 Å². The maximum Gasteiger partial charge on any atom is 0.263 e. The van der Waals surface area contributed by atoms with Gasteiger partial charge in [0.05, 0.1) is 14.2 Å². The molecule has 0 radical (unpaired) electrons. The highest BCUT2D eigenvalue weighted by Crippen LogP contribution is 2.29. The summed E-state index contributed by atoms with van der Waals surface area (Å²) in [7, 11) is 3.08. The number of amides is 1. The summed E-state index contributed by atoms with van der Waals surface area (Å²) in [4.78, 5) is 12.7. The second-order valence-electron chi connectivity index (χ2n) is 6.90. The third-order valence-corrected chi connectivity index (χ3v) is 5.02. The molecule has 1 aliphatic carbocycles. The summed E-state index contributed by atoms with van der Waals surface area (Å²) in [5.41, 5.74) is 2.22. The fraction of sp³-hybridized carbons (Fsp3) is 0.409. The molecule has 0 bridgehead atoms. The lowest BCUT2D eigenvalue weighted by Crippen LogP contribution is -2.18. The largest absolute Gasteiger partial charge is 0.496 e. The number of methoxy groups -OCH3 is 2. The lowest BCUT2D eigenvalue weighted by atomic mass is 10.1. The molecule has 5 nitrogen and oxygen atoms in total. The maximum atomic E-state index is 12.7. The van der Waals surface area contributed by atoms with E-state index in [9.17, 15) is 4.79 Å². The molecule has 3 rings (SSSR count). The number of hydrogen-bond acceptors (Lipinski definition) is 4. The fourth-order valence-corrected chi connectivity index (χ4v) is 3.58. The minimum Gasteiger partial charge on any atom is -0.496 e. The van der Waals surface area contributed by atoms with Crippen LogP contribution in [0.1, 0.15) is 48.9 Å². The van der Waals surface area contributed by atoms with Crippen LogP contribution in [0, 0.1) is 0 Å². The Bertz CT molecular complexity index is 728. The predicted molar refractivity (Wildman–Crippen MR) is 109 cm³/mol. The van der Waals surface area contributed by atoms with Crippen LogP contribution in [-0.4, -0.2) is 26.2 Å². The first-order valence-electron chi connectivity index (χ1n) is 9.60. The molecule has 0 unspecified atom stereocenters. The molecule has 0 atom stereocenters. The number of anilines is 2. The molecule has 0 aliphatic heterocycles. The zero-order valence-corrected chi connectivity index (χ0v) is 16.1. The van der Waals surface area contributed by atoms with E-state index in [4.69, 9.17) is 9.47 Å². The third kappa shape index (κ3) is 4.94. The van der Waals surface area contributed by atoms with Crippen molar-refractivity contribution in [3.63, 3.8) is 0 Å². The normalized spacial score (nSPS) is 14.9. The zero-order valence-electron chi connectivity index (χ0n) is 16.1. The zero-order chi connectivity index (χ0) is 19.1. The Balaban J connectivity index is 1.67. The van der Waals surface area contributed by atoms with E-state index >= 15 is 0 Å². The van der Waals surface area contributed by atoms with Crippen LogP contribution in [0.25, 0.3) is 0 Å². The van der Waals surface area contributed by atoms with Crippen molar-refractivity contribution in [2.24, 2.45) is 0 Å². The molecule has 1 fully saturated rings. The Morgan fingerprint density at radius 3 is 1.96 bits per heavy atom. The van der Waals surface area contributed by atoms with Gasteiger partial charge in [0.1, 0.15) is 17.1 Å². The molecular formula is C22H28N2O3. The number of benzene rings is 2. The van der Waals surface area contributed by atoms with E-state index in [0.29, 0.717) is 23.1 Å². The van der Waals surface area contributed by atoms with Gasteiger partial charge in [0.15, 0.2) is 0 Å². The van der Waals surface area contributed by atoms with Crippen molar-refractivity contribution in [2.45, 2.75) is 44.6 Å². The Morgan fingerprint density at radius 1 is 0.852 bits per heavy atom. The van der Waals surface area contributed by atoms with Gasteiger partial charge in [0.2, 0.25) is 0 Å². The summed E-state index contributed by atoms with van der Waals surface area (Å²) >= 11 is 0. The second kappa shape index (κ2) is 9.31. The lowest BCUT2D eigenvalue weighted by molar-refractivity contribution is 0.102. The van der Waals surface area contributed by atoms with Crippen LogP contribution in [0.5, 0.6) is 11.5 Å². The molecule has 1 amide bonds. The molecule has 2 aromatic carbocycles. The highest BCUT2D eigenvalue weighted by Gasteiger charge is 2.18. The van der Waals surface area contributed by atoms with Crippen molar-refractivity contribution in [1.82, 2.24) is 0 Å². The van der Waals surface area contributed by atoms with Gasteiger partial charge in [0.25, 0.3) is 5.91 Å². The summed E-state index contributed by atoms with van der Waals surface area (Å²) in [6, 6.07) is 13.7. The van der Waals surface area contributed by atoms with Gasteiger partial charge in [-0.05, 0) is 49.2 Å². The first-order valence-corrected chi connectivity index (χ1v) is 9.60. The maximum absolute atomic E-state index is 12.7. The Labute approximate surface area is 161 Å². The number of nitrogens with one attached hydrogen (secondary N) is 2. The van der Waals surface area contributed by atoms with Crippen LogP contribution in [-0.2, 0) is 0 Å². The predicted octanol–water partition coefficient (Wildman–Crippen LogP) is 5.09. The molecule has 0 heterocycles. The van der Waals surface area contributed by atoms with Gasteiger partial charge < -0.3 is 20.1 Å². The molecule has 2 aromatic rings. The van der Waals surface area contributed by atoms with Gasteiger partial charge in [-0.25, -0.2) is 0 Å². The summed E-state index contributed by atoms with van der Waals surface area (Å²) in [5.74, 6) is 0.714. The van der Waals surface area contributed by atoms with Gasteiger partial charge in [-0.2, -0.15) is 0 Å². The molecule has 144 valence electrons. The molecule has 5 heteroatoms. The number of hydrogen-bond donors (Lipinski definition) is 2. The Kier molecular flexibility index (Phi) is 6.58. The molecule has 0 spiro atoms. The Hall–Kier alpha value is -2.69. The quantitative estimate of drug-likeness (QED) is 0.697. The van der Waals surface area contributed by atoms with E-state index in [1.54, 1.807) is 32.4 Å². The Morgan fingerprint density at radius 2 is 1.41 bits per heavy atom. The average molecular weight is 368 g/mol. The third-order valence-electron chi connectivity index (χ3n) is 5.02. The molecule has 1 saturated carbocycles. The van der Waals surface area contributed by atoms with Gasteiger partial charge in [-0.15, -0.1) is 0 Å². The molecule has 1 aliphatic rings. The fourth-order valence-electron chi connectivity index (χ4n) is 3.58. The summed E-state index contributed by atoms with van der Waals surface area (Å²) < 4.78 is 10.6. The van der Waals surface area contributed by atoms with Crippen molar-refractivity contribution in [3.05, 3.63) is 48.0 Å². The van der Waals surface area contributed by atoms with E-state index < -0.39 is 0 Å². The average Bonchev–Trinajstić information content (AvgIpc) is 2.97. The van der Waals surface area contributed by atoms with Crippen molar-refractivity contribution in [3.8, 4) is 11.5 Å².